The van der Waals surface area contributed by atoms with Gasteiger partial charge in [0.05, 0.1) is 0 Å². The molecule has 7 heteroatoms. The van der Waals surface area contributed by atoms with Crippen molar-refractivity contribution in [2.45, 2.75) is 52.4 Å². The Bertz CT molecular complexity index is 3110. The van der Waals surface area contributed by atoms with Crippen LogP contribution in [0.4, 0.5) is 34.1 Å². The number of hydrogen-bond donors (Lipinski definition) is 0. The first kappa shape index (κ1) is 38.9. The van der Waals surface area contributed by atoms with Crippen LogP contribution in [0.15, 0.2) is 158 Å². The monoisotopic (exact) mass is 968 g/mol. The van der Waals surface area contributed by atoms with Gasteiger partial charge in [-0.2, -0.15) is 11.5 Å². The first-order valence-corrected chi connectivity index (χ1v) is 20.9. The summed E-state index contributed by atoms with van der Waals surface area (Å²) in [5.41, 5.74) is 16.7. The van der Waals surface area contributed by atoms with Gasteiger partial charge in [-0.1, -0.05) is 119 Å². The van der Waals surface area contributed by atoms with Crippen molar-refractivity contribution in [2.75, 3.05) is 9.80 Å². The molecule has 61 heavy (non-hydrogen) atoms. The molecule has 0 spiro atoms. The normalized spacial score (nSPS) is 13.2. The van der Waals surface area contributed by atoms with Crippen molar-refractivity contribution < 1.29 is 21.1 Å². The van der Waals surface area contributed by atoms with Crippen LogP contribution in [-0.4, -0.2) is 21.2 Å². The zero-order chi connectivity index (χ0) is 40.9. The van der Waals surface area contributed by atoms with Gasteiger partial charge >= 0.3 is 21.1 Å². The number of nitrogens with zero attached hydrogens (tertiary/aromatic N) is 5. The third kappa shape index (κ3) is 6.26. The average molecular weight is 969 g/mol. The van der Waals surface area contributed by atoms with Crippen LogP contribution in [0.1, 0.15) is 52.7 Å². The van der Waals surface area contributed by atoms with E-state index < -0.39 is 0 Å². The maximum Gasteiger partial charge on any atom is 2.00 e. The summed E-state index contributed by atoms with van der Waals surface area (Å²) in [7, 11) is 0. The van der Waals surface area contributed by atoms with Crippen LogP contribution in [0.5, 0.6) is 0 Å². The minimum Gasteiger partial charge on any atom is -0.366 e. The van der Waals surface area contributed by atoms with Crippen LogP contribution in [0.2, 0.25) is 0 Å². The van der Waals surface area contributed by atoms with Crippen LogP contribution >= 0.6 is 0 Å². The number of fused-ring (bicyclic) bond motifs is 7. The van der Waals surface area contributed by atoms with E-state index in [2.05, 4.69) is 195 Å². The molecule has 298 valence electrons. The fourth-order valence-electron chi connectivity index (χ4n) is 9.36. The summed E-state index contributed by atoms with van der Waals surface area (Å²) in [4.78, 5) is 14.6. The Hall–Kier alpha value is -6.23. The smallest absolute Gasteiger partial charge is 0.366 e. The summed E-state index contributed by atoms with van der Waals surface area (Å²) >= 11 is 0. The predicted molar refractivity (Wildman–Crippen MR) is 251 cm³/mol. The van der Waals surface area contributed by atoms with Crippen molar-refractivity contribution in [1.29, 1.82) is 0 Å². The molecule has 0 unspecified atom stereocenters. The second kappa shape index (κ2) is 14.5. The van der Waals surface area contributed by atoms with Gasteiger partial charge in [0.2, 0.25) is 6.71 Å². The largest absolute Gasteiger partial charge is 2.00 e. The zero-order valence-electron chi connectivity index (χ0n) is 35.1. The van der Waals surface area contributed by atoms with Crippen molar-refractivity contribution in [3.05, 3.63) is 181 Å². The van der Waals surface area contributed by atoms with Crippen molar-refractivity contribution in [1.82, 2.24) is 14.5 Å². The Morgan fingerprint density at radius 2 is 1.10 bits per heavy atom. The van der Waals surface area contributed by atoms with E-state index in [4.69, 9.17) is 9.97 Å². The molecule has 5 heterocycles. The van der Waals surface area contributed by atoms with Gasteiger partial charge in [0, 0.05) is 40.7 Å². The Balaban J connectivity index is 0.00000445. The molecule has 6 aromatic carbocycles. The van der Waals surface area contributed by atoms with E-state index in [1.54, 1.807) is 0 Å². The quantitative estimate of drug-likeness (QED) is 0.130. The standard InChI is InChI=1S/C54H44BN5.Pt/c1-53(2,3)36-21-25-38(26-22-36)58-46-29-20-35(44-15-9-11-30-56-44)32-42(46)55-43-34-49-41(40-14-7-8-16-45(40)60(49)51-19-10-12-31-57-51)33-50(43)59(48-18-13-17-47(58)52(48)55)39-27-23-37(24-28-39)54(4,5)6;/h7-31,33H,1-6H3;/q-2;+2. The molecule has 0 saturated carbocycles. The van der Waals surface area contributed by atoms with E-state index in [1.165, 1.54) is 16.6 Å². The average Bonchev–Trinajstić information content (AvgIpc) is 3.59. The van der Waals surface area contributed by atoms with Gasteiger partial charge in [0.1, 0.15) is 5.82 Å². The molecule has 0 aliphatic carbocycles. The van der Waals surface area contributed by atoms with Gasteiger partial charge in [0.25, 0.3) is 0 Å². The molecular formula is C54H44BN5Pt. The van der Waals surface area contributed by atoms with Crippen molar-refractivity contribution in [3.63, 3.8) is 0 Å². The van der Waals surface area contributed by atoms with E-state index >= 15 is 0 Å². The van der Waals surface area contributed by atoms with Gasteiger partial charge in [0.15, 0.2) is 0 Å². The second-order valence-corrected chi connectivity index (χ2v) is 18.2. The van der Waals surface area contributed by atoms with Crippen LogP contribution in [-0.2, 0) is 31.9 Å². The Labute approximate surface area is 373 Å². The van der Waals surface area contributed by atoms with Gasteiger partial charge in [-0.05, 0) is 105 Å². The molecule has 3 aromatic heterocycles. The van der Waals surface area contributed by atoms with Gasteiger partial charge in [-0.25, -0.2) is 4.98 Å². The maximum absolute atomic E-state index is 4.88. The first-order valence-electron chi connectivity index (χ1n) is 20.9. The Morgan fingerprint density at radius 1 is 0.508 bits per heavy atom. The molecule has 0 bridgehead atoms. The number of rotatable bonds is 4. The fraction of sp³-hybridized carbons (Fsp3) is 0.148. The summed E-state index contributed by atoms with van der Waals surface area (Å²) in [6, 6.07) is 60.9. The molecule has 0 amide bonds. The predicted octanol–water partition coefficient (Wildman–Crippen LogP) is 11.5. The molecule has 11 rings (SSSR count). The van der Waals surface area contributed by atoms with Gasteiger partial charge in [-0.15, -0.1) is 40.7 Å². The third-order valence-corrected chi connectivity index (χ3v) is 12.4. The number of benzene rings is 6. The third-order valence-electron chi connectivity index (χ3n) is 12.4. The van der Waals surface area contributed by atoms with Crippen LogP contribution in [0.25, 0.3) is 38.9 Å². The SMILES string of the molecule is CC(C)(C)c1ccc(N2c3ccc(-c4ccccn4)[c-]c3B3c4[c-]c5c(cc4N(c4ccc(C(C)(C)C)cc4)c4cccc2c43)c2ccccc2n5-c2ccccn2)cc1.[Pt+2]. The van der Waals surface area contributed by atoms with E-state index in [1.807, 2.05) is 30.6 Å². The molecule has 0 fully saturated rings. The minimum atomic E-state index is -0.181. The summed E-state index contributed by atoms with van der Waals surface area (Å²) in [6.45, 7) is 13.4. The van der Waals surface area contributed by atoms with E-state index in [0.29, 0.717) is 0 Å². The first-order chi connectivity index (χ1) is 29.0. The molecular weight excluding hydrogens is 925 g/mol. The molecule has 0 atom stereocenters. The maximum atomic E-state index is 4.88. The molecule has 5 nitrogen and oxygen atoms in total. The minimum absolute atomic E-state index is 0. The fourth-order valence-corrected chi connectivity index (χ4v) is 9.36. The summed E-state index contributed by atoms with van der Waals surface area (Å²) in [5, 5.41) is 2.30. The van der Waals surface area contributed by atoms with Crippen molar-refractivity contribution in [2.24, 2.45) is 0 Å². The number of anilines is 6. The molecule has 2 aliphatic rings. The molecule has 0 radical (unpaired) electrons. The molecule has 0 saturated heterocycles. The summed E-state index contributed by atoms with van der Waals surface area (Å²) in [6.07, 6.45) is 3.73. The van der Waals surface area contributed by atoms with Gasteiger partial charge < -0.3 is 19.4 Å². The topological polar surface area (TPSA) is 37.2 Å². The van der Waals surface area contributed by atoms with Crippen molar-refractivity contribution in [3.8, 4) is 17.1 Å². The van der Waals surface area contributed by atoms with E-state index in [-0.39, 0.29) is 38.6 Å². The van der Waals surface area contributed by atoms with Crippen LogP contribution in [0.3, 0.4) is 0 Å². The number of aromatic nitrogens is 3. The van der Waals surface area contributed by atoms with Crippen LogP contribution < -0.4 is 26.2 Å². The molecule has 0 N–H and O–H groups in total. The molecule has 9 aromatic rings. The summed E-state index contributed by atoms with van der Waals surface area (Å²) in [5.74, 6) is 0.865. The Kier molecular flexibility index (Phi) is 9.23. The Morgan fingerprint density at radius 3 is 1.70 bits per heavy atom. The molecule has 2 aliphatic heterocycles. The second-order valence-electron chi connectivity index (χ2n) is 18.2. The number of para-hydroxylation sites is 1. The van der Waals surface area contributed by atoms with Crippen LogP contribution in [0, 0.1) is 12.1 Å². The zero-order valence-corrected chi connectivity index (χ0v) is 37.4. The van der Waals surface area contributed by atoms with E-state index in [0.717, 1.165) is 83.9 Å². The van der Waals surface area contributed by atoms with Crippen molar-refractivity contribution >= 4 is 79.0 Å². The number of pyridine rings is 2. The number of hydrogen-bond acceptors (Lipinski definition) is 4. The van der Waals surface area contributed by atoms with E-state index in [9.17, 15) is 0 Å². The van der Waals surface area contributed by atoms with Gasteiger partial charge in [-0.3, -0.25) is 0 Å². The summed E-state index contributed by atoms with van der Waals surface area (Å²) < 4.78 is 2.27.